The van der Waals surface area contributed by atoms with Gasteiger partial charge in [-0.15, -0.1) is 0 Å². The van der Waals surface area contributed by atoms with Crippen LogP contribution in [0.15, 0.2) is 0 Å². The first-order valence-electron chi connectivity index (χ1n) is 6.19. The van der Waals surface area contributed by atoms with Crippen molar-refractivity contribution in [2.24, 2.45) is 0 Å². The summed E-state index contributed by atoms with van der Waals surface area (Å²) in [4.78, 5) is 13.8. The fourth-order valence-electron chi connectivity index (χ4n) is 2.73. The van der Waals surface area contributed by atoms with Crippen molar-refractivity contribution < 1.29 is 18.3 Å². The van der Waals surface area contributed by atoms with Crippen LogP contribution in [-0.4, -0.2) is 54.5 Å². The molecule has 2 aliphatic rings. The molecule has 0 aromatic carbocycles. The van der Waals surface area contributed by atoms with Gasteiger partial charge in [-0.3, -0.25) is 4.79 Å². The van der Waals surface area contributed by atoms with E-state index in [-0.39, 0.29) is 24.3 Å². The van der Waals surface area contributed by atoms with Crippen molar-refractivity contribution in [3.05, 3.63) is 0 Å². The molecule has 0 radical (unpaired) electrons. The summed E-state index contributed by atoms with van der Waals surface area (Å²) < 4.78 is 23.7. The van der Waals surface area contributed by atoms with E-state index in [1.54, 1.807) is 4.90 Å². The maximum absolute atomic E-state index is 12.2. The highest BCUT2D eigenvalue weighted by molar-refractivity contribution is 7.92. The summed E-state index contributed by atoms with van der Waals surface area (Å²) >= 11 is 0. The van der Waals surface area contributed by atoms with Gasteiger partial charge in [0.25, 0.3) is 0 Å². The lowest BCUT2D eigenvalue weighted by Gasteiger charge is -2.29. The first-order chi connectivity index (χ1) is 8.06. The predicted octanol–water partition coefficient (Wildman–Crippen LogP) is -0.0630. The topological polar surface area (TPSA) is 74.7 Å². The van der Waals surface area contributed by atoms with Gasteiger partial charge in [-0.25, -0.2) is 8.42 Å². The largest absolute Gasteiger partial charge is 0.394 e. The number of amides is 1. The molecule has 0 saturated carbocycles. The molecule has 0 aromatic rings. The molecule has 0 aromatic heterocycles. The number of aliphatic hydroxyl groups excluding tert-OH is 1. The fourth-order valence-corrected chi connectivity index (χ4v) is 4.59. The molecule has 2 saturated heterocycles. The Hall–Kier alpha value is -0.620. The van der Waals surface area contributed by atoms with Crippen molar-refractivity contribution >= 4 is 15.7 Å². The number of carbonyl (C=O) groups is 1. The molecule has 2 atom stereocenters. The quantitative estimate of drug-likeness (QED) is 0.755. The second kappa shape index (κ2) is 4.94. The number of carbonyl (C=O) groups excluding carboxylic acids is 1. The second-order valence-corrected chi connectivity index (χ2v) is 7.16. The van der Waals surface area contributed by atoms with Gasteiger partial charge in [0.2, 0.25) is 5.91 Å². The molecule has 1 unspecified atom stereocenters. The minimum atomic E-state index is -3.26. The van der Waals surface area contributed by atoms with Gasteiger partial charge in [0.05, 0.1) is 18.4 Å². The number of rotatable bonds is 2. The molecule has 17 heavy (non-hydrogen) atoms. The van der Waals surface area contributed by atoms with Crippen LogP contribution in [-0.2, 0) is 14.6 Å². The maximum Gasteiger partial charge on any atom is 0.241 e. The fraction of sp³-hybridized carbons (Fsp3) is 0.909. The van der Waals surface area contributed by atoms with Gasteiger partial charge in [-0.05, 0) is 25.7 Å². The Labute approximate surface area is 102 Å². The maximum atomic E-state index is 12.2. The van der Waals surface area contributed by atoms with Crippen molar-refractivity contribution in [2.75, 3.05) is 18.9 Å². The Kier molecular flexibility index (Phi) is 3.73. The number of hydrogen-bond acceptors (Lipinski definition) is 4. The lowest BCUT2D eigenvalue weighted by molar-refractivity contribution is -0.132. The van der Waals surface area contributed by atoms with Gasteiger partial charge in [0.1, 0.15) is 5.25 Å². The zero-order valence-corrected chi connectivity index (χ0v) is 10.7. The summed E-state index contributed by atoms with van der Waals surface area (Å²) in [6, 6.07) is -0.181. The normalized spacial score (nSPS) is 32.6. The van der Waals surface area contributed by atoms with E-state index in [0.29, 0.717) is 19.4 Å². The molecular weight excluding hydrogens is 242 g/mol. The van der Waals surface area contributed by atoms with Gasteiger partial charge in [-0.2, -0.15) is 0 Å². The minimum Gasteiger partial charge on any atom is -0.394 e. The number of sulfone groups is 1. The zero-order chi connectivity index (χ0) is 12.5. The molecule has 0 bridgehead atoms. The van der Waals surface area contributed by atoms with Crippen LogP contribution in [0.25, 0.3) is 0 Å². The molecule has 5 nitrogen and oxygen atoms in total. The van der Waals surface area contributed by atoms with Crippen molar-refractivity contribution in [3.63, 3.8) is 0 Å². The number of likely N-dealkylation sites (tertiary alicyclic amines) is 1. The van der Waals surface area contributed by atoms with E-state index in [1.165, 1.54) is 0 Å². The zero-order valence-electron chi connectivity index (χ0n) is 9.84. The Morgan fingerprint density at radius 1 is 1.24 bits per heavy atom. The van der Waals surface area contributed by atoms with Crippen molar-refractivity contribution in [1.82, 2.24) is 4.90 Å². The molecule has 0 spiro atoms. The summed E-state index contributed by atoms with van der Waals surface area (Å²) in [6.45, 7) is 0.509. The van der Waals surface area contributed by atoms with E-state index < -0.39 is 15.1 Å². The van der Waals surface area contributed by atoms with Crippen LogP contribution in [0.4, 0.5) is 0 Å². The Morgan fingerprint density at radius 3 is 2.65 bits per heavy atom. The molecule has 1 N–H and O–H groups in total. The number of aliphatic hydroxyl groups is 1. The van der Waals surface area contributed by atoms with Crippen LogP contribution in [0.3, 0.4) is 0 Å². The van der Waals surface area contributed by atoms with Gasteiger partial charge in [0, 0.05) is 6.54 Å². The van der Waals surface area contributed by atoms with Crippen molar-refractivity contribution in [3.8, 4) is 0 Å². The number of hydrogen-bond donors (Lipinski definition) is 1. The molecule has 2 aliphatic heterocycles. The average molecular weight is 261 g/mol. The van der Waals surface area contributed by atoms with Gasteiger partial charge < -0.3 is 10.0 Å². The van der Waals surface area contributed by atoms with E-state index in [1.807, 2.05) is 0 Å². The Bertz CT molecular complexity index is 392. The monoisotopic (exact) mass is 261 g/mol. The Balaban J connectivity index is 2.13. The lowest BCUT2D eigenvalue weighted by atomic mass is 10.1. The highest BCUT2D eigenvalue weighted by atomic mass is 32.2. The van der Waals surface area contributed by atoms with E-state index in [4.69, 9.17) is 0 Å². The standard InChI is InChI=1S/C11H19NO4S/c13-8-9-4-3-6-12(9)11(14)10-5-1-2-7-17(10,15)16/h9-10,13H,1-8H2/t9-,10?/m1/s1. The highest BCUT2D eigenvalue weighted by Crippen LogP contribution is 2.25. The first kappa shape index (κ1) is 12.8. The first-order valence-corrected chi connectivity index (χ1v) is 7.90. The van der Waals surface area contributed by atoms with Crippen molar-refractivity contribution in [2.45, 2.75) is 43.4 Å². The molecule has 98 valence electrons. The molecule has 0 aliphatic carbocycles. The summed E-state index contributed by atoms with van der Waals surface area (Å²) in [6.07, 6.45) is 3.53. The molecule has 1 amide bonds. The van der Waals surface area contributed by atoms with Crippen LogP contribution in [0, 0.1) is 0 Å². The summed E-state index contributed by atoms with van der Waals surface area (Å²) in [5, 5.41) is 8.31. The third kappa shape index (κ3) is 2.47. The minimum absolute atomic E-state index is 0.0709. The van der Waals surface area contributed by atoms with Crippen LogP contribution in [0.2, 0.25) is 0 Å². The van der Waals surface area contributed by atoms with Gasteiger partial charge in [0.15, 0.2) is 9.84 Å². The van der Waals surface area contributed by atoms with Crippen LogP contribution >= 0.6 is 0 Å². The Morgan fingerprint density at radius 2 is 2.00 bits per heavy atom. The molecule has 2 heterocycles. The average Bonchev–Trinajstić information content (AvgIpc) is 2.75. The smallest absolute Gasteiger partial charge is 0.241 e. The molecular formula is C11H19NO4S. The van der Waals surface area contributed by atoms with E-state index in [2.05, 4.69) is 0 Å². The SMILES string of the molecule is O=C(C1CCCCS1(=O)=O)N1CCC[C@@H]1CO. The van der Waals surface area contributed by atoms with Crippen LogP contribution in [0.5, 0.6) is 0 Å². The molecule has 2 fully saturated rings. The number of nitrogens with zero attached hydrogens (tertiary/aromatic N) is 1. The lowest BCUT2D eigenvalue weighted by Crippen LogP contribution is -2.48. The third-order valence-electron chi connectivity index (χ3n) is 3.73. The predicted molar refractivity (Wildman–Crippen MR) is 63.2 cm³/mol. The molecule has 6 heteroatoms. The van der Waals surface area contributed by atoms with E-state index >= 15 is 0 Å². The summed E-state index contributed by atoms with van der Waals surface area (Å²) in [5.74, 6) is -0.164. The van der Waals surface area contributed by atoms with E-state index in [9.17, 15) is 18.3 Å². The highest BCUT2D eigenvalue weighted by Gasteiger charge is 2.40. The van der Waals surface area contributed by atoms with E-state index in [0.717, 1.165) is 19.3 Å². The van der Waals surface area contributed by atoms with Gasteiger partial charge in [-0.1, -0.05) is 6.42 Å². The van der Waals surface area contributed by atoms with Crippen molar-refractivity contribution in [1.29, 1.82) is 0 Å². The van der Waals surface area contributed by atoms with Gasteiger partial charge >= 0.3 is 0 Å². The van der Waals surface area contributed by atoms with Crippen LogP contribution < -0.4 is 0 Å². The second-order valence-electron chi connectivity index (χ2n) is 4.86. The third-order valence-corrected chi connectivity index (χ3v) is 5.89. The molecule has 2 rings (SSSR count). The summed E-state index contributed by atoms with van der Waals surface area (Å²) in [7, 11) is -3.26. The van der Waals surface area contributed by atoms with Crippen LogP contribution in [0.1, 0.15) is 32.1 Å². The summed E-state index contributed by atoms with van der Waals surface area (Å²) in [5.41, 5.74) is 0.